The molecule has 1 aromatic heterocycles. The van der Waals surface area contributed by atoms with Crippen LogP contribution >= 0.6 is 27.5 Å². The van der Waals surface area contributed by atoms with E-state index in [0.717, 1.165) is 5.56 Å². The Hall–Kier alpha value is -3.67. The highest BCUT2D eigenvalue weighted by molar-refractivity contribution is 9.10. The van der Waals surface area contributed by atoms with E-state index in [9.17, 15) is 4.79 Å². The average molecular weight is 524 g/mol. The molecule has 0 saturated heterocycles. The van der Waals surface area contributed by atoms with Gasteiger partial charge in [0.2, 0.25) is 0 Å². The first-order valence-electron chi connectivity index (χ1n) is 9.72. The first-order valence-corrected chi connectivity index (χ1v) is 10.9. The van der Waals surface area contributed by atoms with Crippen LogP contribution in [-0.4, -0.2) is 29.6 Å². The molecule has 0 radical (unpaired) electrons. The number of methoxy groups -OCH3 is 1. The number of nitrogens with zero attached hydrogens (tertiary/aromatic N) is 4. The van der Waals surface area contributed by atoms with Gasteiger partial charge in [-0.05, 0) is 34.1 Å². The molecule has 0 spiro atoms. The highest BCUT2D eigenvalue weighted by Crippen LogP contribution is 2.42. The van der Waals surface area contributed by atoms with Crippen LogP contribution in [0.25, 0.3) is 22.3 Å². The zero-order chi connectivity index (χ0) is 23.4. The van der Waals surface area contributed by atoms with Crippen molar-refractivity contribution in [3.8, 4) is 29.0 Å². The Labute approximate surface area is 202 Å². The molecule has 0 unspecified atom stereocenters. The fourth-order valence-electron chi connectivity index (χ4n) is 3.21. The maximum Gasteiger partial charge on any atom is 0.282 e. The van der Waals surface area contributed by atoms with Gasteiger partial charge in [0.1, 0.15) is 11.1 Å². The molecule has 0 bridgehead atoms. The van der Waals surface area contributed by atoms with E-state index in [-0.39, 0.29) is 22.9 Å². The molecule has 164 valence electrons. The number of hydrogen-bond acceptors (Lipinski definition) is 6. The number of benzene rings is 3. The molecule has 0 aliphatic carbocycles. The third kappa shape index (κ3) is 4.46. The van der Waals surface area contributed by atoms with E-state index in [4.69, 9.17) is 26.3 Å². The van der Waals surface area contributed by atoms with Crippen LogP contribution in [0.2, 0.25) is 5.02 Å². The van der Waals surface area contributed by atoms with Crippen molar-refractivity contribution >= 4 is 44.6 Å². The molecule has 4 rings (SSSR count). The summed E-state index contributed by atoms with van der Waals surface area (Å²) in [6.45, 7) is -0.186. The van der Waals surface area contributed by atoms with Crippen molar-refractivity contribution in [2.45, 2.75) is 0 Å². The first kappa shape index (κ1) is 22.5. The van der Waals surface area contributed by atoms with Gasteiger partial charge < -0.3 is 9.47 Å². The van der Waals surface area contributed by atoms with Gasteiger partial charge in [-0.25, -0.2) is 4.98 Å². The van der Waals surface area contributed by atoms with Crippen molar-refractivity contribution in [2.75, 3.05) is 13.7 Å². The minimum Gasteiger partial charge on any atom is -0.493 e. The molecule has 9 heteroatoms. The zero-order valence-corrected chi connectivity index (χ0v) is 19.7. The monoisotopic (exact) mass is 522 g/mol. The Kier molecular flexibility index (Phi) is 6.73. The summed E-state index contributed by atoms with van der Waals surface area (Å²) in [6, 6.07) is 20.0. The lowest BCUT2D eigenvalue weighted by molar-refractivity contribution is 0.329. The fourth-order valence-corrected chi connectivity index (χ4v) is 3.87. The number of fused-ring (bicyclic) bond motifs is 1. The average Bonchev–Trinajstić information content (AvgIpc) is 2.85. The molecule has 0 fully saturated rings. The van der Waals surface area contributed by atoms with Gasteiger partial charge in [-0.15, -0.1) is 0 Å². The summed E-state index contributed by atoms with van der Waals surface area (Å²) in [5.74, 6) is 0.963. The van der Waals surface area contributed by atoms with Crippen molar-refractivity contribution in [1.82, 2.24) is 9.66 Å². The molecule has 1 heterocycles. The molecule has 4 aromatic rings. The number of aromatic nitrogens is 2. The van der Waals surface area contributed by atoms with Crippen LogP contribution in [-0.2, 0) is 0 Å². The lowest BCUT2D eigenvalue weighted by atomic mass is 10.2. The summed E-state index contributed by atoms with van der Waals surface area (Å²) in [6.07, 6.45) is 1.48. The molecule has 7 nitrogen and oxygen atoms in total. The van der Waals surface area contributed by atoms with Crippen molar-refractivity contribution < 1.29 is 9.47 Å². The third-order valence-corrected chi connectivity index (χ3v) is 6.20. The second kappa shape index (κ2) is 9.86. The highest BCUT2D eigenvalue weighted by Gasteiger charge is 2.17. The van der Waals surface area contributed by atoms with Crippen LogP contribution in [0.3, 0.4) is 0 Å². The summed E-state index contributed by atoms with van der Waals surface area (Å²) in [4.78, 5) is 18.0. The SMILES string of the molecule is COc1cc(C=Nn2c(-c3ccccc3)nc3ccccc3c2=O)c(Br)c(Cl)c1OCC#N. The zero-order valence-electron chi connectivity index (χ0n) is 17.3. The summed E-state index contributed by atoms with van der Waals surface area (Å²) >= 11 is 9.87. The molecule has 0 aliphatic heterocycles. The van der Waals surface area contributed by atoms with Crippen LogP contribution in [0, 0.1) is 11.3 Å². The number of ether oxygens (including phenoxy) is 2. The molecule has 0 atom stereocenters. The third-order valence-electron chi connectivity index (χ3n) is 4.75. The number of hydrogen-bond donors (Lipinski definition) is 0. The Balaban J connectivity index is 1.88. The van der Waals surface area contributed by atoms with Gasteiger partial charge in [-0.1, -0.05) is 54.1 Å². The molecule has 3 aromatic carbocycles. The van der Waals surface area contributed by atoms with E-state index in [0.29, 0.717) is 32.5 Å². The lowest BCUT2D eigenvalue weighted by Gasteiger charge is -2.13. The van der Waals surface area contributed by atoms with Crippen LogP contribution in [0.1, 0.15) is 5.56 Å². The predicted molar refractivity (Wildman–Crippen MR) is 131 cm³/mol. The van der Waals surface area contributed by atoms with Crippen LogP contribution in [0.15, 0.2) is 75.0 Å². The lowest BCUT2D eigenvalue weighted by Crippen LogP contribution is -2.20. The Bertz CT molecular complexity index is 1460. The Morgan fingerprint density at radius 1 is 1.21 bits per heavy atom. The van der Waals surface area contributed by atoms with E-state index in [1.165, 1.54) is 18.0 Å². The van der Waals surface area contributed by atoms with Crippen molar-refractivity contribution in [3.63, 3.8) is 0 Å². The van der Waals surface area contributed by atoms with E-state index >= 15 is 0 Å². The van der Waals surface area contributed by atoms with Gasteiger partial charge >= 0.3 is 0 Å². The molecular weight excluding hydrogens is 508 g/mol. The maximum absolute atomic E-state index is 13.3. The Morgan fingerprint density at radius 2 is 1.94 bits per heavy atom. The van der Waals surface area contributed by atoms with Crippen LogP contribution in [0.4, 0.5) is 0 Å². The van der Waals surface area contributed by atoms with E-state index in [1.807, 2.05) is 42.5 Å². The normalized spacial score (nSPS) is 11.0. The van der Waals surface area contributed by atoms with Crippen molar-refractivity contribution in [2.24, 2.45) is 5.10 Å². The highest BCUT2D eigenvalue weighted by atomic mass is 79.9. The fraction of sp³-hybridized carbons (Fsp3) is 0.0833. The second-order valence-electron chi connectivity index (χ2n) is 6.75. The van der Waals surface area contributed by atoms with Gasteiger partial charge in [-0.3, -0.25) is 4.79 Å². The smallest absolute Gasteiger partial charge is 0.282 e. The molecule has 0 aliphatic rings. The minimum atomic E-state index is -0.307. The molecule has 0 amide bonds. The van der Waals surface area contributed by atoms with Gasteiger partial charge in [0.15, 0.2) is 23.9 Å². The minimum absolute atomic E-state index is 0.186. The predicted octanol–water partition coefficient (Wildman–Crippen LogP) is 5.27. The standard InChI is InChI=1S/C24H16BrClN4O3/c1-32-19-13-16(20(25)21(26)22(19)33-12-11-27)14-28-30-23(15-7-3-2-4-8-15)29-18-10-6-5-9-17(18)24(30)31/h2-10,13-14H,12H2,1H3. The van der Waals surface area contributed by atoms with E-state index in [1.54, 1.807) is 24.3 Å². The van der Waals surface area contributed by atoms with Crippen molar-refractivity contribution in [3.05, 3.63) is 86.1 Å². The molecule has 33 heavy (non-hydrogen) atoms. The molecule has 0 N–H and O–H groups in total. The quantitative estimate of drug-likeness (QED) is 0.321. The van der Waals surface area contributed by atoms with Crippen LogP contribution in [0.5, 0.6) is 11.5 Å². The summed E-state index contributed by atoms with van der Waals surface area (Å²) < 4.78 is 12.5. The van der Waals surface area contributed by atoms with Crippen molar-refractivity contribution in [1.29, 1.82) is 5.26 Å². The Morgan fingerprint density at radius 3 is 2.67 bits per heavy atom. The maximum atomic E-state index is 13.3. The van der Waals surface area contributed by atoms with Gasteiger partial charge in [-0.2, -0.15) is 15.0 Å². The summed E-state index contributed by atoms with van der Waals surface area (Å²) in [5, 5.41) is 13.9. The van der Waals surface area contributed by atoms with Gasteiger partial charge in [0, 0.05) is 15.6 Å². The molecular formula is C24H16BrClN4O3. The van der Waals surface area contributed by atoms with Gasteiger partial charge in [0.05, 0.1) is 24.2 Å². The topological polar surface area (TPSA) is 89.5 Å². The number of rotatable bonds is 6. The van der Waals surface area contributed by atoms with Crippen LogP contribution < -0.4 is 15.0 Å². The number of halogens is 2. The van der Waals surface area contributed by atoms with Gasteiger partial charge in [0.25, 0.3) is 5.56 Å². The van der Waals surface area contributed by atoms with E-state index in [2.05, 4.69) is 26.0 Å². The molecule has 0 saturated carbocycles. The summed E-state index contributed by atoms with van der Waals surface area (Å²) in [7, 11) is 1.46. The number of para-hydroxylation sites is 1. The first-order chi connectivity index (χ1) is 16.0. The largest absolute Gasteiger partial charge is 0.493 e. The van der Waals surface area contributed by atoms with E-state index < -0.39 is 0 Å². The second-order valence-corrected chi connectivity index (χ2v) is 7.92. The summed E-state index contributed by atoms with van der Waals surface area (Å²) in [5.41, 5.74) is 1.56. The number of nitriles is 1.